The molecule has 2 unspecified atom stereocenters. The molecular weight excluding hydrogens is 218 g/mol. The first-order valence-electron chi connectivity index (χ1n) is 8.45. The van der Waals surface area contributed by atoms with Crippen molar-refractivity contribution in [1.29, 1.82) is 0 Å². The van der Waals surface area contributed by atoms with E-state index >= 15 is 0 Å². The highest BCUT2D eigenvalue weighted by Gasteiger charge is 2.10. The molecule has 0 aromatic carbocycles. The first kappa shape index (κ1) is 18.0. The topological polar surface area (TPSA) is 12.0 Å². The zero-order valence-corrected chi connectivity index (χ0v) is 13.4. The number of hydrogen-bond acceptors (Lipinski definition) is 1. The van der Waals surface area contributed by atoms with Crippen molar-refractivity contribution in [2.45, 2.75) is 97.9 Å². The van der Waals surface area contributed by atoms with Crippen LogP contribution in [0.2, 0.25) is 0 Å². The molecule has 1 N–H and O–H groups in total. The van der Waals surface area contributed by atoms with Gasteiger partial charge in [0.25, 0.3) is 0 Å². The average Bonchev–Trinajstić information content (AvgIpc) is 2.37. The van der Waals surface area contributed by atoms with Crippen LogP contribution >= 0.6 is 0 Å². The maximum atomic E-state index is 3.69. The lowest BCUT2D eigenvalue weighted by molar-refractivity contribution is 0.362. The summed E-state index contributed by atoms with van der Waals surface area (Å²) in [6.07, 6.45) is 13.9. The second kappa shape index (κ2) is 13.4. The van der Waals surface area contributed by atoms with Crippen LogP contribution in [-0.2, 0) is 0 Å². The van der Waals surface area contributed by atoms with Gasteiger partial charge >= 0.3 is 0 Å². The minimum Gasteiger partial charge on any atom is -0.314 e. The summed E-state index contributed by atoms with van der Waals surface area (Å²) >= 11 is 0. The van der Waals surface area contributed by atoms with E-state index in [9.17, 15) is 0 Å². The van der Waals surface area contributed by atoms with Crippen LogP contribution in [0.4, 0.5) is 0 Å². The minimum atomic E-state index is 0.692. The van der Waals surface area contributed by atoms with Crippen molar-refractivity contribution in [2.75, 3.05) is 6.54 Å². The van der Waals surface area contributed by atoms with Gasteiger partial charge in [-0.15, -0.1) is 0 Å². The van der Waals surface area contributed by atoms with Crippen LogP contribution in [0.15, 0.2) is 0 Å². The molecule has 0 fully saturated rings. The average molecular weight is 255 g/mol. The molecule has 0 aliphatic carbocycles. The lowest BCUT2D eigenvalue weighted by atomic mass is 9.96. The molecule has 1 nitrogen and oxygen atoms in total. The van der Waals surface area contributed by atoms with Gasteiger partial charge < -0.3 is 5.32 Å². The maximum absolute atomic E-state index is 3.69. The van der Waals surface area contributed by atoms with Gasteiger partial charge in [-0.25, -0.2) is 0 Å². The molecule has 0 amide bonds. The Balaban J connectivity index is 3.36. The van der Waals surface area contributed by atoms with E-state index in [0.717, 1.165) is 5.92 Å². The van der Waals surface area contributed by atoms with Crippen molar-refractivity contribution in [3.63, 3.8) is 0 Å². The molecular formula is C17H37N. The molecule has 0 bridgehead atoms. The van der Waals surface area contributed by atoms with Gasteiger partial charge in [-0.3, -0.25) is 0 Å². The van der Waals surface area contributed by atoms with Crippen molar-refractivity contribution >= 4 is 0 Å². The predicted molar refractivity (Wildman–Crippen MR) is 84.1 cm³/mol. The van der Waals surface area contributed by atoms with Gasteiger partial charge in [0.05, 0.1) is 0 Å². The number of rotatable bonds is 13. The Morgan fingerprint density at radius 3 is 1.89 bits per heavy atom. The SMILES string of the molecule is CCCCCCCC(C)C(C)NCCCCCC. The molecule has 0 aliphatic rings. The molecule has 1 heteroatoms. The number of hydrogen-bond donors (Lipinski definition) is 1. The third-order valence-corrected chi connectivity index (χ3v) is 4.11. The fourth-order valence-electron chi connectivity index (χ4n) is 2.40. The summed E-state index contributed by atoms with van der Waals surface area (Å²) in [6, 6.07) is 0.692. The molecule has 0 aromatic heterocycles. The summed E-state index contributed by atoms with van der Waals surface area (Å²) in [6.45, 7) is 10.5. The Morgan fingerprint density at radius 1 is 0.722 bits per heavy atom. The molecule has 0 saturated heterocycles. The van der Waals surface area contributed by atoms with Gasteiger partial charge in [-0.1, -0.05) is 72.1 Å². The van der Waals surface area contributed by atoms with E-state index in [-0.39, 0.29) is 0 Å². The Bertz CT molecular complexity index is 138. The lowest BCUT2D eigenvalue weighted by Crippen LogP contribution is -2.32. The van der Waals surface area contributed by atoms with Crippen LogP contribution in [0.5, 0.6) is 0 Å². The third kappa shape index (κ3) is 11.1. The van der Waals surface area contributed by atoms with Crippen LogP contribution < -0.4 is 5.32 Å². The molecule has 18 heavy (non-hydrogen) atoms. The zero-order chi connectivity index (χ0) is 13.6. The predicted octanol–water partition coefficient (Wildman–Crippen LogP) is 5.54. The smallest absolute Gasteiger partial charge is 0.00643 e. The Morgan fingerprint density at radius 2 is 1.28 bits per heavy atom. The maximum Gasteiger partial charge on any atom is 0.00643 e. The number of unbranched alkanes of at least 4 members (excludes halogenated alkanes) is 7. The van der Waals surface area contributed by atoms with E-state index in [2.05, 4.69) is 33.0 Å². The molecule has 2 atom stereocenters. The Labute approximate surface area is 116 Å². The summed E-state index contributed by atoms with van der Waals surface area (Å²) in [7, 11) is 0. The number of nitrogens with one attached hydrogen (secondary N) is 1. The van der Waals surface area contributed by atoms with Crippen LogP contribution in [0.1, 0.15) is 91.9 Å². The molecule has 0 spiro atoms. The summed E-state index contributed by atoms with van der Waals surface area (Å²) in [5.74, 6) is 0.831. The first-order chi connectivity index (χ1) is 8.72. The van der Waals surface area contributed by atoms with Crippen molar-refractivity contribution in [3.8, 4) is 0 Å². The highest BCUT2D eigenvalue weighted by molar-refractivity contribution is 4.68. The monoisotopic (exact) mass is 255 g/mol. The van der Waals surface area contributed by atoms with E-state index < -0.39 is 0 Å². The standard InChI is InChI=1S/C17H37N/c1-5-7-9-11-12-14-16(3)17(4)18-15-13-10-8-6-2/h16-18H,5-15H2,1-4H3. The fraction of sp³-hybridized carbons (Fsp3) is 1.00. The largest absolute Gasteiger partial charge is 0.314 e. The summed E-state index contributed by atoms with van der Waals surface area (Å²) in [4.78, 5) is 0. The second-order valence-corrected chi connectivity index (χ2v) is 5.98. The molecule has 110 valence electrons. The minimum absolute atomic E-state index is 0.692. The van der Waals surface area contributed by atoms with Crippen molar-refractivity contribution in [3.05, 3.63) is 0 Å². The van der Waals surface area contributed by atoms with Crippen molar-refractivity contribution in [2.24, 2.45) is 5.92 Å². The van der Waals surface area contributed by atoms with E-state index in [4.69, 9.17) is 0 Å². The van der Waals surface area contributed by atoms with Gasteiger partial charge in [0.1, 0.15) is 0 Å². The molecule has 0 aliphatic heterocycles. The Hall–Kier alpha value is -0.0400. The first-order valence-corrected chi connectivity index (χ1v) is 8.45. The summed E-state index contributed by atoms with van der Waals surface area (Å²) < 4.78 is 0. The van der Waals surface area contributed by atoms with Gasteiger partial charge in [-0.2, -0.15) is 0 Å². The van der Waals surface area contributed by atoms with Crippen molar-refractivity contribution < 1.29 is 0 Å². The summed E-state index contributed by atoms with van der Waals surface area (Å²) in [5, 5.41) is 3.69. The van der Waals surface area contributed by atoms with E-state index in [1.54, 1.807) is 0 Å². The molecule has 0 heterocycles. The second-order valence-electron chi connectivity index (χ2n) is 5.98. The van der Waals surface area contributed by atoms with Crippen LogP contribution in [0.3, 0.4) is 0 Å². The normalized spacial score (nSPS) is 14.7. The zero-order valence-electron chi connectivity index (χ0n) is 13.4. The van der Waals surface area contributed by atoms with E-state index in [1.165, 1.54) is 70.8 Å². The Kier molecular flexibility index (Phi) is 13.4. The lowest BCUT2D eigenvalue weighted by Gasteiger charge is -2.21. The highest BCUT2D eigenvalue weighted by Crippen LogP contribution is 2.14. The van der Waals surface area contributed by atoms with Crippen LogP contribution in [-0.4, -0.2) is 12.6 Å². The fourth-order valence-corrected chi connectivity index (χ4v) is 2.40. The molecule has 0 aromatic rings. The van der Waals surface area contributed by atoms with E-state index in [0.29, 0.717) is 6.04 Å². The van der Waals surface area contributed by atoms with Gasteiger partial charge in [0, 0.05) is 6.04 Å². The van der Waals surface area contributed by atoms with Gasteiger partial charge in [0.15, 0.2) is 0 Å². The van der Waals surface area contributed by atoms with Crippen molar-refractivity contribution in [1.82, 2.24) is 5.32 Å². The molecule has 0 rings (SSSR count). The van der Waals surface area contributed by atoms with Crippen LogP contribution in [0, 0.1) is 5.92 Å². The van der Waals surface area contributed by atoms with Crippen LogP contribution in [0.25, 0.3) is 0 Å². The molecule has 0 saturated carbocycles. The summed E-state index contributed by atoms with van der Waals surface area (Å²) in [5.41, 5.74) is 0. The van der Waals surface area contributed by atoms with E-state index in [1.807, 2.05) is 0 Å². The quantitative estimate of drug-likeness (QED) is 0.426. The third-order valence-electron chi connectivity index (χ3n) is 4.11. The van der Waals surface area contributed by atoms with Gasteiger partial charge in [0.2, 0.25) is 0 Å². The highest BCUT2D eigenvalue weighted by atomic mass is 14.9. The van der Waals surface area contributed by atoms with Gasteiger partial charge in [-0.05, 0) is 32.2 Å². The molecule has 0 radical (unpaired) electrons.